The van der Waals surface area contributed by atoms with Crippen LogP contribution in [0.15, 0.2) is 47.9 Å². The van der Waals surface area contributed by atoms with Gasteiger partial charge in [0.2, 0.25) is 0 Å². The summed E-state index contributed by atoms with van der Waals surface area (Å²) < 4.78 is 0. The number of hydrogen-bond donors (Lipinski definition) is 1. The van der Waals surface area contributed by atoms with E-state index in [0.717, 1.165) is 11.6 Å². The van der Waals surface area contributed by atoms with E-state index in [2.05, 4.69) is 39.6 Å². The smallest absolute Gasteiger partial charge is 0.187 e. The van der Waals surface area contributed by atoms with E-state index in [4.69, 9.17) is 0 Å². The molecular weight excluding hydrogens is 242 g/mol. The van der Waals surface area contributed by atoms with Crippen LogP contribution in [0, 0.1) is 0 Å². The molecule has 2 aromatic rings. The molecule has 0 radical (unpaired) electrons. The Kier molecular flexibility index (Phi) is 3.30. The van der Waals surface area contributed by atoms with Crippen LogP contribution in [-0.2, 0) is 6.42 Å². The molecule has 2 unspecified atom stereocenters. The van der Waals surface area contributed by atoms with Crippen LogP contribution in [-0.4, -0.2) is 22.3 Å². The molecule has 0 saturated carbocycles. The fraction of sp³-hybridized carbons (Fsp3) is 0.286. The third-order valence-corrected chi connectivity index (χ3v) is 4.46. The first kappa shape index (κ1) is 11.7. The lowest BCUT2D eigenvalue weighted by molar-refractivity contribution is 0.602. The molecular formula is C14H15N3S. The van der Waals surface area contributed by atoms with Crippen LogP contribution in [0.1, 0.15) is 17.2 Å². The van der Waals surface area contributed by atoms with Crippen LogP contribution in [0.5, 0.6) is 0 Å². The lowest BCUT2D eigenvalue weighted by atomic mass is 10.1. The van der Waals surface area contributed by atoms with Crippen LogP contribution >= 0.6 is 11.8 Å². The maximum Gasteiger partial charge on any atom is 0.187 e. The maximum atomic E-state index is 4.30. The Hall–Kier alpha value is -1.39. The number of rotatable bonds is 3. The number of thioether (sulfide) groups is 1. The summed E-state index contributed by atoms with van der Waals surface area (Å²) in [7, 11) is 2.02. The average molecular weight is 257 g/mol. The molecule has 1 aromatic carbocycles. The Morgan fingerprint density at radius 1 is 1.17 bits per heavy atom. The van der Waals surface area contributed by atoms with Crippen LogP contribution in [0.3, 0.4) is 0 Å². The minimum Gasteiger partial charge on any atom is -0.312 e. The van der Waals surface area contributed by atoms with Gasteiger partial charge in [0.1, 0.15) is 0 Å². The van der Waals surface area contributed by atoms with E-state index in [0.29, 0.717) is 11.3 Å². The minimum absolute atomic E-state index is 0.384. The van der Waals surface area contributed by atoms with Crippen molar-refractivity contribution in [3.63, 3.8) is 0 Å². The van der Waals surface area contributed by atoms with Gasteiger partial charge >= 0.3 is 0 Å². The van der Waals surface area contributed by atoms with Gasteiger partial charge in [0, 0.05) is 23.7 Å². The predicted octanol–water partition coefficient (Wildman–Crippen LogP) is 2.45. The van der Waals surface area contributed by atoms with Gasteiger partial charge in [-0.3, -0.25) is 0 Å². The van der Waals surface area contributed by atoms with E-state index in [1.807, 2.05) is 13.1 Å². The van der Waals surface area contributed by atoms with Crippen LogP contribution in [0.4, 0.5) is 0 Å². The molecule has 92 valence electrons. The molecule has 1 heterocycles. The first-order chi connectivity index (χ1) is 8.88. The summed E-state index contributed by atoms with van der Waals surface area (Å²) in [4.78, 5) is 8.60. The van der Waals surface area contributed by atoms with Gasteiger partial charge in [-0.2, -0.15) is 0 Å². The van der Waals surface area contributed by atoms with Crippen molar-refractivity contribution in [1.29, 1.82) is 0 Å². The number of aromatic nitrogens is 2. The molecule has 1 aromatic heterocycles. The third-order valence-electron chi connectivity index (χ3n) is 3.29. The van der Waals surface area contributed by atoms with Crippen molar-refractivity contribution in [2.24, 2.45) is 0 Å². The third kappa shape index (κ3) is 2.13. The average Bonchev–Trinajstić information content (AvgIpc) is 2.77. The maximum absolute atomic E-state index is 4.30. The molecule has 2 atom stereocenters. The monoisotopic (exact) mass is 257 g/mol. The number of nitrogens with zero attached hydrogens (tertiary/aromatic N) is 2. The van der Waals surface area contributed by atoms with Gasteiger partial charge in [-0.05, 0) is 30.7 Å². The van der Waals surface area contributed by atoms with E-state index in [-0.39, 0.29) is 0 Å². The summed E-state index contributed by atoms with van der Waals surface area (Å²) in [5.74, 6) is 0. The van der Waals surface area contributed by atoms with E-state index in [1.54, 1.807) is 24.2 Å². The summed E-state index contributed by atoms with van der Waals surface area (Å²) in [6, 6.07) is 10.9. The highest BCUT2D eigenvalue weighted by atomic mass is 32.2. The van der Waals surface area contributed by atoms with Crippen molar-refractivity contribution in [3.05, 3.63) is 53.9 Å². The summed E-state index contributed by atoms with van der Waals surface area (Å²) in [5.41, 5.74) is 2.85. The zero-order valence-corrected chi connectivity index (χ0v) is 11.0. The molecule has 3 rings (SSSR count). The molecule has 0 amide bonds. The predicted molar refractivity (Wildman–Crippen MR) is 73.6 cm³/mol. The number of fused-ring (bicyclic) bond motifs is 1. The van der Waals surface area contributed by atoms with E-state index >= 15 is 0 Å². The van der Waals surface area contributed by atoms with Crippen molar-refractivity contribution in [2.75, 3.05) is 7.05 Å². The number of benzene rings is 1. The van der Waals surface area contributed by atoms with Crippen molar-refractivity contribution in [3.8, 4) is 0 Å². The second kappa shape index (κ2) is 5.08. The Bertz CT molecular complexity index is 530. The standard InChI is InChI=1S/C14H15N3S/c1-15-13-11-6-3-2-5-10(11)9-12(13)18-14-16-7-4-8-17-14/h2-8,12-13,15H,9H2,1H3. The van der Waals surface area contributed by atoms with Crippen molar-refractivity contribution < 1.29 is 0 Å². The largest absolute Gasteiger partial charge is 0.312 e. The molecule has 0 fully saturated rings. The first-order valence-corrected chi connectivity index (χ1v) is 6.95. The highest BCUT2D eigenvalue weighted by molar-refractivity contribution is 7.99. The molecule has 0 bridgehead atoms. The highest BCUT2D eigenvalue weighted by Crippen LogP contribution is 2.39. The highest BCUT2D eigenvalue weighted by Gasteiger charge is 2.32. The van der Waals surface area contributed by atoms with Gasteiger partial charge in [-0.15, -0.1) is 0 Å². The normalized spacial score (nSPS) is 21.8. The molecule has 1 aliphatic rings. The van der Waals surface area contributed by atoms with Gasteiger partial charge in [-0.1, -0.05) is 36.0 Å². The van der Waals surface area contributed by atoms with Crippen LogP contribution in [0.2, 0.25) is 0 Å². The molecule has 0 aliphatic heterocycles. The zero-order chi connectivity index (χ0) is 12.4. The second-order valence-corrected chi connectivity index (χ2v) is 5.56. The molecule has 3 nitrogen and oxygen atoms in total. The summed E-state index contributed by atoms with van der Waals surface area (Å²) in [6.45, 7) is 0. The van der Waals surface area contributed by atoms with Gasteiger partial charge in [0.25, 0.3) is 0 Å². The van der Waals surface area contributed by atoms with Gasteiger partial charge in [0.15, 0.2) is 5.16 Å². The Morgan fingerprint density at radius 3 is 2.72 bits per heavy atom. The molecule has 0 saturated heterocycles. The van der Waals surface area contributed by atoms with E-state index in [1.165, 1.54) is 11.1 Å². The Labute approximate surface area is 111 Å². The fourth-order valence-corrected chi connectivity index (χ4v) is 3.69. The summed E-state index contributed by atoms with van der Waals surface area (Å²) in [5, 5.41) is 4.74. The molecule has 18 heavy (non-hydrogen) atoms. The molecule has 0 spiro atoms. The molecule has 1 aliphatic carbocycles. The zero-order valence-electron chi connectivity index (χ0n) is 10.2. The van der Waals surface area contributed by atoms with E-state index < -0.39 is 0 Å². The Morgan fingerprint density at radius 2 is 1.94 bits per heavy atom. The lowest BCUT2D eigenvalue weighted by Crippen LogP contribution is -2.23. The minimum atomic E-state index is 0.384. The lowest BCUT2D eigenvalue weighted by Gasteiger charge is -2.18. The topological polar surface area (TPSA) is 37.8 Å². The Balaban J connectivity index is 1.83. The second-order valence-electron chi connectivity index (χ2n) is 4.36. The van der Waals surface area contributed by atoms with E-state index in [9.17, 15) is 0 Å². The summed E-state index contributed by atoms with van der Waals surface area (Å²) >= 11 is 1.76. The van der Waals surface area contributed by atoms with Crippen LogP contribution in [0.25, 0.3) is 0 Å². The number of nitrogens with one attached hydrogen (secondary N) is 1. The SMILES string of the molecule is CNC1c2ccccc2CC1Sc1ncccn1. The number of hydrogen-bond acceptors (Lipinski definition) is 4. The molecule has 1 N–H and O–H groups in total. The fourth-order valence-electron chi connectivity index (χ4n) is 2.49. The summed E-state index contributed by atoms with van der Waals surface area (Å²) in [6.07, 6.45) is 4.67. The van der Waals surface area contributed by atoms with Gasteiger partial charge in [-0.25, -0.2) is 9.97 Å². The quantitative estimate of drug-likeness (QED) is 0.857. The van der Waals surface area contributed by atoms with Crippen molar-refractivity contribution in [1.82, 2.24) is 15.3 Å². The van der Waals surface area contributed by atoms with Crippen LogP contribution < -0.4 is 5.32 Å². The molecule has 4 heteroatoms. The van der Waals surface area contributed by atoms with Gasteiger partial charge in [0.05, 0.1) is 0 Å². The first-order valence-electron chi connectivity index (χ1n) is 6.07. The van der Waals surface area contributed by atoms with Gasteiger partial charge < -0.3 is 5.32 Å². The van der Waals surface area contributed by atoms with Crippen molar-refractivity contribution in [2.45, 2.75) is 22.9 Å². The van der Waals surface area contributed by atoms with Crippen molar-refractivity contribution >= 4 is 11.8 Å².